The van der Waals surface area contributed by atoms with Gasteiger partial charge in [0, 0.05) is 11.9 Å². The number of hydrogen-bond donors (Lipinski definition) is 1. The lowest BCUT2D eigenvalue weighted by atomic mass is 10.3. The monoisotopic (exact) mass is 198 g/mol. The van der Waals surface area contributed by atoms with E-state index < -0.39 is 0 Å². The van der Waals surface area contributed by atoms with Gasteiger partial charge in [-0.25, -0.2) is 0 Å². The van der Waals surface area contributed by atoms with Gasteiger partial charge in [-0.2, -0.15) is 0 Å². The van der Waals surface area contributed by atoms with E-state index in [4.69, 9.17) is 0 Å². The van der Waals surface area contributed by atoms with Crippen molar-refractivity contribution in [3.63, 3.8) is 0 Å². The third-order valence-electron chi connectivity index (χ3n) is 1.98. The van der Waals surface area contributed by atoms with Gasteiger partial charge in [-0.1, -0.05) is 6.07 Å². The Bertz CT molecular complexity index is 471. The quantitative estimate of drug-likeness (QED) is 0.769. The number of nitrogens with zero attached hydrogens (tertiary/aromatic N) is 1. The summed E-state index contributed by atoms with van der Waals surface area (Å²) < 4.78 is 0. The molecular formula is C12H10N2O. The number of nitrogens with one attached hydrogen (secondary N) is 1. The number of aromatic nitrogens is 2. The fourth-order valence-corrected chi connectivity index (χ4v) is 1.25. The van der Waals surface area contributed by atoms with E-state index in [1.54, 1.807) is 12.3 Å². The topological polar surface area (TPSA) is 45.8 Å². The van der Waals surface area contributed by atoms with Gasteiger partial charge in [0.15, 0.2) is 6.29 Å². The minimum atomic E-state index is 0.579. The Hall–Kier alpha value is -2.16. The average molecular weight is 198 g/mol. The minimum absolute atomic E-state index is 0.579. The van der Waals surface area contributed by atoms with Crippen LogP contribution in [0.15, 0.2) is 36.5 Å². The van der Waals surface area contributed by atoms with Gasteiger partial charge in [-0.05, 0) is 36.4 Å². The Kier molecular flexibility index (Phi) is 2.74. The Morgan fingerprint density at radius 2 is 1.93 bits per heavy atom. The van der Waals surface area contributed by atoms with Crippen molar-refractivity contribution in [2.45, 2.75) is 0 Å². The summed E-state index contributed by atoms with van der Waals surface area (Å²) in [6, 6.07) is 9.31. The molecule has 0 aliphatic carbocycles. The van der Waals surface area contributed by atoms with Crippen molar-refractivity contribution in [3.8, 4) is 0 Å². The number of aromatic amines is 1. The third kappa shape index (κ3) is 2.40. The molecule has 2 aromatic rings. The molecule has 0 aromatic carbocycles. The van der Waals surface area contributed by atoms with Crippen LogP contribution < -0.4 is 0 Å². The summed E-state index contributed by atoms with van der Waals surface area (Å²) in [6.45, 7) is 0. The first kappa shape index (κ1) is 9.40. The number of hydrogen-bond acceptors (Lipinski definition) is 2. The van der Waals surface area contributed by atoms with E-state index in [0.29, 0.717) is 5.69 Å². The van der Waals surface area contributed by atoms with Gasteiger partial charge >= 0.3 is 0 Å². The average Bonchev–Trinajstić information content (AvgIpc) is 2.76. The number of rotatable bonds is 3. The van der Waals surface area contributed by atoms with Crippen LogP contribution in [-0.2, 0) is 0 Å². The highest BCUT2D eigenvalue weighted by atomic mass is 16.1. The highest BCUT2D eigenvalue weighted by molar-refractivity contribution is 5.74. The molecule has 2 rings (SSSR count). The van der Waals surface area contributed by atoms with Crippen LogP contribution in [0.2, 0.25) is 0 Å². The van der Waals surface area contributed by atoms with Crippen LogP contribution in [-0.4, -0.2) is 16.3 Å². The highest BCUT2D eigenvalue weighted by Crippen LogP contribution is 2.05. The van der Waals surface area contributed by atoms with Gasteiger partial charge in [0.25, 0.3) is 0 Å². The van der Waals surface area contributed by atoms with Crippen LogP contribution in [0.4, 0.5) is 0 Å². The van der Waals surface area contributed by atoms with Crippen molar-refractivity contribution in [2.75, 3.05) is 0 Å². The minimum Gasteiger partial charge on any atom is -0.353 e. The molecule has 0 fully saturated rings. The largest absolute Gasteiger partial charge is 0.353 e. The number of carbonyl (C=O) groups excluding carboxylic acids is 1. The summed E-state index contributed by atoms with van der Waals surface area (Å²) >= 11 is 0. The van der Waals surface area contributed by atoms with Crippen molar-refractivity contribution in [1.82, 2.24) is 9.97 Å². The molecule has 0 spiro atoms. The van der Waals surface area contributed by atoms with Crippen LogP contribution in [0.3, 0.4) is 0 Å². The maximum absolute atomic E-state index is 10.4. The van der Waals surface area contributed by atoms with Gasteiger partial charge in [-0.3, -0.25) is 9.78 Å². The van der Waals surface area contributed by atoms with Crippen LogP contribution in [0.5, 0.6) is 0 Å². The lowest BCUT2D eigenvalue weighted by Gasteiger charge is -1.89. The second kappa shape index (κ2) is 4.37. The van der Waals surface area contributed by atoms with E-state index in [1.807, 2.05) is 36.4 Å². The maximum Gasteiger partial charge on any atom is 0.166 e. The summed E-state index contributed by atoms with van der Waals surface area (Å²) in [6.07, 6.45) is 6.30. The van der Waals surface area contributed by atoms with Gasteiger partial charge in [-0.15, -0.1) is 0 Å². The highest BCUT2D eigenvalue weighted by Gasteiger charge is 1.92. The molecule has 0 amide bonds. The second-order valence-electron chi connectivity index (χ2n) is 3.07. The van der Waals surface area contributed by atoms with E-state index in [1.165, 1.54) is 0 Å². The molecule has 3 heteroatoms. The molecule has 0 unspecified atom stereocenters. The summed E-state index contributed by atoms with van der Waals surface area (Å²) in [5.41, 5.74) is 2.36. The van der Waals surface area contributed by atoms with Gasteiger partial charge in [0.1, 0.15) is 0 Å². The molecule has 15 heavy (non-hydrogen) atoms. The predicted octanol–water partition coefficient (Wildman–Crippen LogP) is 2.39. The molecule has 74 valence electrons. The van der Waals surface area contributed by atoms with E-state index in [2.05, 4.69) is 9.97 Å². The first-order valence-electron chi connectivity index (χ1n) is 4.62. The molecule has 0 radical (unpaired) electrons. The lowest BCUT2D eigenvalue weighted by molar-refractivity contribution is 0.111. The third-order valence-corrected chi connectivity index (χ3v) is 1.98. The van der Waals surface area contributed by atoms with Crippen molar-refractivity contribution < 1.29 is 4.79 Å². The summed E-state index contributed by atoms with van der Waals surface area (Å²) in [4.78, 5) is 17.5. The van der Waals surface area contributed by atoms with Crippen molar-refractivity contribution in [3.05, 3.63) is 53.6 Å². The van der Waals surface area contributed by atoms with E-state index >= 15 is 0 Å². The molecule has 0 bridgehead atoms. The fraction of sp³-hybridized carbons (Fsp3) is 0. The zero-order chi connectivity index (χ0) is 10.5. The fourth-order valence-electron chi connectivity index (χ4n) is 1.25. The zero-order valence-electron chi connectivity index (χ0n) is 8.05. The van der Waals surface area contributed by atoms with Crippen LogP contribution in [0, 0.1) is 0 Å². The standard InChI is InChI=1S/C12H10N2O/c15-9-12-7-6-11(14-12)5-4-10-3-1-2-8-13-10/h1-9,14H/b5-4-. The predicted molar refractivity (Wildman–Crippen MR) is 59.3 cm³/mol. The smallest absolute Gasteiger partial charge is 0.166 e. The second-order valence-corrected chi connectivity index (χ2v) is 3.07. The Balaban J connectivity index is 2.15. The summed E-state index contributed by atoms with van der Waals surface area (Å²) in [5.74, 6) is 0. The lowest BCUT2D eigenvalue weighted by Crippen LogP contribution is -1.79. The SMILES string of the molecule is O=Cc1ccc(/C=C\c2ccccn2)[nH]1. The van der Waals surface area contributed by atoms with E-state index in [9.17, 15) is 4.79 Å². The normalized spacial score (nSPS) is 10.7. The molecular weight excluding hydrogens is 188 g/mol. The van der Waals surface area contributed by atoms with Crippen LogP contribution in [0.25, 0.3) is 12.2 Å². The van der Waals surface area contributed by atoms with Crippen LogP contribution >= 0.6 is 0 Å². The van der Waals surface area contributed by atoms with Gasteiger partial charge in [0.2, 0.25) is 0 Å². The van der Waals surface area contributed by atoms with Crippen molar-refractivity contribution in [1.29, 1.82) is 0 Å². The van der Waals surface area contributed by atoms with Crippen LogP contribution in [0.1, 0.15) is 21.9 Å². The molecule has 1 N–H and O–H groups in total. The van der Waals surface area contributed by atoms with E-state index in [0.717, 1.165) is 17.7 Å². The van der Waals surface area contributed by atoms with Crippen molar-refractivity contribution >= 4 is 18.4 Å². The number of pyridine rings is 1. The molecule has 2 heterocycles. The molecule has 0 aliphatic heterocycles. The molecule has 0 atom stereocenters. The van der Waals surface area contributed by atoms with Crippen molar-refractivity contribution in [2.24, 2.45) is 0 Å². The number of aldehydes is 1. The van der Waals surface area contributed by atoms with Gasteiger partial charge < -0.3 is 4.98 Å². The zero-order valence-corrected chi connectivity index (χ0v) is 8.05. The number of H-pyrrole nitrogens is 1. The molecule has 0 aliphatic rings. The molecule has 0 saturated heterocycles. The Morgan fingerprint density at radius 1 is 1.07 bits per heavy atom. The first-order chi connectivity index (χ1) is 7.38. The van der Waals surface area contributed by atoms with E-state index in [-0.39, 0.29) is 0 Å². The Labute approximate surface area is 87.5 Å². The molecule has 0 saturated carbocycles. The number of carbonyl (C=O) groups is 1. The summed E-state index contributed by atoms with van der Waals surface area (Å²) in [5, 5.41) is 0. The van der Waals surface area contributed by atoms with Gasteiger partial charge in [0.05, 0.1) is 11.4 Å². The first-order valence-corrected chi connectivity index (χ1v) is 4.62. The maximum atomic E-state index is 10.4. The molecule has 3 nitrogen and oxygen atoms in total. The molecule has 2 aromatic heterocycles. The summed E-state index contributed by atoms with van der Waals surface area (Å²) in [7, 11) is 0. The Morgan fingerprint density at radius 3 is 2.60 bits per heavy atom.